The second-order valence-electron chi connectivity index (χ2n) is 7.76. The van der Waals surface area contributed by atoms with E-state index in [4.69, 9.17) is 33.2 Å². The molecule has 1 heterocycles. The van der Waals surface area contributed by atoms with Crippen LogP contribution in [0, 0.1) is 0 Å². The molecule has 0 saturated heterocycles. The van der Waals surface area contributed by atoms with Gasteiger partial charge in [-0.3, -0.25) is 14.4 Å². The Morgan fingerprint density at radius 1 is 0.912 bits per heavy atom. The molecular formula is C22H27NO11. The van der Waals surface area contributed by atoms with Crippen LogP contribution >= 0.6 is 0 Å². The van der Waals surface area contributed by atoms with Gasteiger partial charge in [0, 0.05) is 26.7 Å². The molecule has 0 radical (unpaired) electrons. The van der Waals surface area contributed by atoms with Gasteiger partial charge in [-0.2, -0.15) is 0 Å². The number of hydrogen-bond donors (Lipinski definition) is 1. The number of amides is 1. The van der Waals surface area contributed by atoms with E-state index in [1.165, 1.54) is 35.0 Å². The summed E-state index contributed by atoms with van der Waals surface area (Å²) in [6.07, 6.45) is -4.07. The maximum atomic E-state index is 12.3. The van der Waals surface area contributed by atoms with Crippen LogP contribution < -0.4 is 19.5 Å². The number of carbonyl (C=O) groups is 4. The molecule has 186 valence electrons. The van der Waals surface area contributed by atoms with Gasteiger partial charge in [-0.1, -0.05) is 0 Å². The van der Waals surface area contributed by atoms with E-state index in [0.717, 1.165) is 0 Å². The molecule has 12 heteroatoms. The van der Waals surface area contributed by atoms with Gasteiger partial charge in [0.15, 0.2) is 23.7 Å². The summed E-state index contributed by atoms with van der Waals surface area (Å²) >= 11 is 0. The Bertz CT molecular complexity index is 962. The second kappa shape index (κ2) is 10.5. The molecule has 1 aromatic carbocycles. The Balaban J connectivity index is 2.13. The van der Waals surface area contributed by atoms with E-state index in [9.17, 15) is 19.2 Å². The van der Waals surface area contributed by atoms with Crippen LogP contribution in [-0.2, 0) is 33.3 Å². The number of ether oxygens (including phenoxy) is 7. The number of hydrogen-bond acceptors (Lipinski definition) is 11. The molecule has 2 aliphatic rings. The molecule has 1 amide bonds. The van der Waals surface area contributed by atoms with E-state index in [1.54, 1.807) is 12.1 Å². The molecule has 12 nitrogen and oxygen atoms in total. The minimum absolute atomic E-state index is 0.00429. The van der Waals surface area contributed by atoms with Gasteiger partial charge < -0.3 is 38.5 Å². The monoisotopic (exact) mass is 481 g/mol. The molecule has 0 unspecified atom stereocenters. The van der Waals surface area contributed by atoms with Gasteiger partial charge in [0.1, 0.15) is 6.10 Å². The quantitative estimate of drug-likeness (QED) is 0.465. The predicted octanol–water partition coefficient (Wildman–Crippen LogP) is 1.43. The summed E-state index contributed by atoms with van der Waals surface area (Å²) in [6, 6.07) is 2.45. The first-order valence-corrected chi connectivity index (χ1v) is 10.5. The fourth-order valence-electron chi connectivity index (χ4n) is 4.26. The Morgan fingerprint density at radius 2 is 1.56 bits per heavy atom. The molecule has 5 atom stereocenters. The van der Waals surface area contributed by atoms with Gasteiger partial charge in [0.05, 0.1) is 20.3 Å². The van der Waals surface area contributed by atoms with Gasteiger partial charge in [-0.15, -0.1) is 0 Å². The maximum absolute atomic E-state index is 12.3. The van der Waals surface area contributed by atoms with Gasteiger partial charge in [0.2, 0.25) is 12.5 Å². The number of methoxy groups -OCH3 is 2. The van der Waals surface area contributed by atoms with E-state index >= 15 is 0 Å². The van der Waals surface area contributed by atoms with Crippen molar-refractivity contribution in [3.63, 3.8) is 0 Å². The van der Waals surface area contributed by atoms with Gasteiger partial charge in [0.25, 0.3) is 0 Å². The average molecular weight is 481 g/mol. The van der Waals surface area contributed by atoms with Crippen molar-refractivity contribution in [1.82, 2.24) is 5.32 Å². The lowest BCUT2D eigenvalue weighted by Gasteiger charge is -2.45. The molecule has 0 bridgehead atoms. The summed E-state index contributed by atoms with van der Waals surface area (Å²) in [5.41, 5.74) is 0.609. The molecule has 34 heavy (non-hydrogen) atoms. The lowest BCUT2D eigenvalue weighted by atomic mass is 9.75. The number of fused-ring (bicyclic) bond motifs is 1. The van der Waals surface area contributed by atoms with Gasteiger partial charge >= 0.3 is 24.0 Å². The number of rotatable bonds is 6. The lowest BCUT2D eigenvalue weighted by Crippen LogP contribution is -2.62. The molecule has 3 rings (SSSR count). The van der Waals surface area contributed by atoms with Crippen molar-refractivity contribution in [2.45, 2.75) is 57.5 Å². The highest BCUT2D eigenvalue weighted by Crippen LogP contribution is 2.46. The molecule has 1 aromatic rings. The van der Waals surface area contributed by atoms with E-state index in [2.05, 4.69) is 5.32 Å². The molecule has 0 spiro atoms. The topological polar surface area (TPSA) is 145 Å². The number of nitrogens with one attached hydrogen (secondary N) is 1. The highest BCUT2D eigenvalue weighted by molar-refractivity contribution is 5.70. The summed E-state index contributed by atoms with van der Waals surface area (Å²) < 4.78 is 37.5. The van der Waals surface area contributed by atoms with Crippen LogP contribution in [0.15, 0.2) is 12.1 Å². The average Bonchev–Trinajstić information content (AvgIpc) is 3.24. The SMILES string of the molecule is COC(=O)N[C@H]1[C@H](OC(C)=O)[C@H](OC(C)=O)[C@@H](OC(C)=O)C[C@@H]1c1cc(OC)c2c(c1)OCO2. The van der Waals surface area contributed by atoms with Crippen LogP contribution in [0.5, 0.6) is 17.2 Å². The molecule has 0 aromatic heterocycles. The summed E-state index contributed by atoms with van der Waals surface area (Å²) in [7, 11) is 2.65. The molecule has 1 aliphatic heterocycles. The Morgan fingerprint density at radius 3 is 2.15 bits per heavy atom. The number of esters is 3. The number of alkyl carbamates (subject to hydrolysis) is 1. The Labute approximate surface area is 195 Å². The van der Waals surface area contributed by atoms with Crippen molar-refractivity contribution < 1.29 is 52.3 Å². The summed E-state index contributed by atoms with van der Waals surface area (Å²) in [6.45, 7) is 3.56. The maximum Gasteiger partial charge on any atom is 0.407 e. The zero-order valence-electron chi connectivity index (χ0n) is 19.4. The van der Waals surface area contributed by atoms with Crippen LogP contribution in [0.1, 0.15) is 38.7 Å². The highest BCUT2D eigenvalue weighted by atomic mass is 16.7. The first-order chi connectivity index (χ1) is 16.1. The predicted molar refractivity (Wildman–Crippen MR) is 112 cm³/mol. The molecular weight excluding hydrogens is 454 g/mol. The van der Waals surface area contributed by atoms with Gasteiger partial charge in [-0.25, -0.2) is 4.79 Å². The lowest BCUT2D eigenvalue weighted by molar-refractivity contribution is -0.194. The fourth-order valence-corrected chi connectivity index (χ4v) is 4.26. The largest absolute Gasteiger partial charge is 0.493 e. The van der Waals surface area contributed by atoms with Crippen LogP contribution in [-0.4, -0.2) is 69.4 Å². The standard InChI is InChI=1S/C22H27NO11/c1-10(24)32-17-8-14(13-6-15(28-4)19-16(7-13)30-9-31-19)18(23-22(27)29-5)21(34-12(3)26)20(17)33-11(2)25/h6-7,14,17-18,20-21H,8-9H2,1-5H3,(H,23,27)/t14-,17+,18-,20-,21+/m1/s1. The van der Waals surface area contributed by atoms with E-state index in [1.807, 2.05) is 0 Å². The van der Waals surface area contributed by atoms with Crippen LogP contribution in [0.2, 0.25) is 0 Å². The van der Waals surface area contributed by atoms with Crippen LogP contribution in [0.3, 0.4) is 0 Å². The van der Waals surface area contributed by atoms with E-state index < -0.39 is 54.3 Å². The van der Waals surface area contributed by atoms with Gasteiger partial charge in [-0.05, 0) is 24.1 Å². The Hall–Kier alpha value is -3.70. The molecule has 1 saturated carbocycles. The fraction of sp³-hybridized carbons (Fsp3) is 0.545. The van der Waals surface area contributed by atoms with Crippen molar-refractivity contribution in [3.8, 4) is 17.2 Å². The smallest absolute Gasteiger partial charge is 0.407 e. The van der Waals surface area contributed by atoms with E-state index in [-0.39, 0.29) is 13.2 Å². The van der Waals surface area contributed by atoms with Crippen molar-refractivity contribution in [1.29, 1.82) is 0 Å². The summed E-state index contributed by atoms with van der Waals surface area (Å²) in [5.74, 6) is -1.37. The minimum atomic E-state index is -1.21. The normalized spacial score (nSPS) is 25.0. The molecule has 1 fully saturated rings. The summed E-state index contributed by atoms with van der Waals surface area (Å²) in [5, 5.41) is 2.67. The van der Waals surface area contributed by atoms with Crippen molar-refractivity contribution in [2.75, 3.05) is 21.0 Å². The van der Waals surface area contributed by atoms with Crippen molar-refractivity contribution in [2.24, 2.45) is 0 Å². The van der Waals surface area contributed by atoms with Crippen LogP contribution in [0.25, 0.3) is 0 Å². The van der Waals surface area contributed by atoms with Crippen LogP contribution in [0.4, 0.5) is 4.79 Å². The number of carbonyl (C=O) groups excluding carboxylic acids is 4. The minimum Gasteiger partial charge on any atom is -0.493 e. The van der Waals surface area contributed by atoms with Crippen molar-refractivity contribution in [3.05, 3.63) is 17.7 Å². The molecule has 1 aliphatic carbocycles. The van der Waals surface area contributed by atoms with Crippen molar-refractivity contribution >= 4 is 24.0 Å². The second-order valence-corrected chi connectivity index (χ2v) is 7.76. The third-order valence-electron chi connectivity index (χ3n) is 5.46. The third kappa shape index (κ3) is 5.43. The molecule has 1 N–H and O–H groups in total. The first kappa shape index (κ1) is 24.9. The zero-order chi connectivity index (χ0) is 25.0. The first-order valence-electron chi connectivity index (χ1n) is 10.5. The summed E-state index contributed by atoms with van der Waals surface area (Å²) in [4.78, 5) is 48.0. The number of benzene rings is 1. The third-order valence-corrected chi connectivity index (χ3v) is 5.46. The zero-order valence-corrected chi connectivity index (χ0v) is 19.4. The highest BCUT2D eigenvalue weighted by Gasteiger charge is 2.51. The van der Waals surface area contributed by atoms with E-state index in [0.29, 0.717) is 22.8 Å². The Kier molecular flexibility index (Phi) is 7.69.